The first-order valence-corrected chi connectivity index (χ1v) is 6.76. The molecular formula is C15H21FN2O. The van der Waals surface area contributed by atoms with Crippen LogP contribution in [0.2, 0.25) is 0 Å². The van der Waals surface area contributed by atoms with E-state index in [4.69, 9.17) is 0 Å². The second-order valence-corrected chi connectivity index (χ2v) is 5.43. The fraction of sp³-hybridized carbons (Fsp3) is 0.533. The Kier molecular flexibility index (Phi) is 4.53. The Hall–Kier alpha value is -1.42. The molecule has 1 heterocycles. The molecule has 0 aromatic heterocycles. The molecule has 0 spiro atoms. The Morgan fingerprint density at radius 1 is 1.42 bits per heavy atom. The van der Waals surface area contributed by atoms with Crippen LogP contribution in [0, 0.1) is 11.7 Å². The lowest BCUT2D eigenvalue weighted by Gasteiger charge is -2.31. The lowest BCUT2D eigenvalue weighted by molar-refractivity contribution is -0.131. The summed E-state index contributed by atoms with van der Waals surface area (Å²) in [5.74, 6) is 0.335. The highest BCUT2D eigenvalue weighted by molar-refractivity contribution is 5.81. The molecule has 0 radical (unpaired) electrons. The van der Waals surface area contributed by atoms with Crippen molar-refractivity contribution in [3.63, 3.8) is 0 Å². The fourth-order valence-electron chi connectivity index (χ4n) is 2.66. The van der Waals surface area contributed by atoms with Crippen molar-refractivity contribution in [3.05, 3.63) is 35.6 Å². The Morgan fingerprint density at radius 3 is 2.84 bits per heavy atom. The van der Waals surface area contributed by atoms with Gasteiger partial charge in [-0.05, 0) is 43.4 Å². The minimum Gasteiger partial charge on any atom is -0.347 e. The number of rotatable bonds is 3. The number of amides is 1. The molecule has 4 heteroatoms. The maximum Gasteiger partial charge on any atom is 0.239 e. The van der Waals surface area contributed by atoms with E-state index in [1.807, 2.05) is 12.1 Å². The van der Waals surface area contributed by atoms with E-state index in [0.29, 0.717) is 12.3 Å². The largest absolute Gasteiger partial charge is 0.347 e. The number of likely N-dealkylation sites (N-methyl/N-ethyl adjacent to an activating group) is 1. The van der Waals surface area contributed by atoms with E-state index in [2.05, 4.69) is 5.32 Å². The highest BCUT2D eigenvalue weighted by Gasteiger charge is 2.28. The second kappa shape index (κ2) is 6.15. The first kappa shape index (κ1) is 14.0. The van der Waals surface area contributed by atoms with Crippen LogP contribution in [0.15, 0.2) is 24.3 Å². The molecule has 1 N–H and O–H groups in total. The Morgan fingerprint density at radius 2 is 2.16 bits per heavy atom. The average molecular weight is 264 g/mol. The number of halogens is 1. The van der Waals surface area contributed by atoms with Gasteiger partial charge in [0.15, 0.2) is 0 Å². The van der Waals surface area contributed by atoms with E-state index in [1.54, 1.807) is 25.1 Å². The summed E-state index contributed by atoms with van der Waals surface area (Å²) in [5.41, 5.74) is 0.755. The maximum atomic E-state index is 13.6. The number of hydrogen-bond donors (Lipinski definition) is 1. The van der Waals surface area contributed by atoms with Crippen molar-refractivity contribution in [3.8, 4) is 0 Å². The number of benzene rings is 1. The van der Waals surface area contributed by atoms with E-state index in [9.17, 15) is 9.18 Å². The third kappa shape index (κ3) is 3.53. The number of carbonyl (C=O) groups excluding carboxylic acids is 1. The monoisotopic (exact) mass is 264 g/mol. The van der Waals surface area contributed by atoms with Gasteiger partial charge in [0.1, 0.15) is 5.82 Å². The van der Waals surface area contributed by atoms with Crippen molar-refractivity contribution in [1.29, 1.82) is 0 Å². The van der Waals surface area contributed by atoms with Crippen LogP contribution in [-0.4, -0.2) is 37.5 Å². The maximum absolute atomic E-state index is 13.6. The van der Waals surface area contributed by atoms with Crippen LogP contribution in [0.1, 0.15) is 18.4 Å². The van der Waals surface area contributed by atoms with Gasteiger partial charge in [-0.2, -0.15) is 0 Å². The quantitative estimate of drug-likeness (QED) is 0.903. The van der Waals surface area contributed by atoms with Crippen LogP contribution in [0.5, 0.6) is 0 Å². The molecular weight excluding hydrogens is 243 g/mol. The fourth-order valence-corrected chi connectivity index (χ4v) is 2.66. The summed E-state index contributed by atoms with van der Waals surface area (Å²) in [6.45, 7) is 0.823. The van der Waals surface area contributed by atoms with E-state index in [1.165, 1.54) is 6.07 Å². The molecule has 0 bridgehead atoms. The Balaban J connectivity index is 1.98. The number of piperidine rings is 1. The number of hydrogen-bond acceptors (Lipinski definition) is 2. The highest BCUT2D eigenvalue weighted by atomic mass is 19.1. The van der Waals surface area contributed by atoms with Gasteiger partial charge in [0, 0.05) is 14.1 Å². The normalized spacial score (nSPS) is 23.1. The molecule has 1 aromatic carbocycles. The third-order valence-electron chi connectivity index (χ3n) is 3.72. The summed E-state index contributed by atoms with van der Waals surface area (Å²) < 4.78 is 13.6. The molecule has 1 amide bonds. The lowest BCUT2D eigenvalue weighted by atomic mass is 9.86. The van der Waals surface area contributed by atoms with Gasteiger partial charge in [0.2, 0.25) is 5.91 Å². The van der Waals surface area contributed by atoms with E-state index >= 15 is 0 Å². The van der Waals surface area contributed by atoms with Gasteiger partial charge in [-0.1, -0.05) is 18.2 Å². The zero-order valence-electron chi connectivity index (χ0n) is 11.5. The van der Waals surface area contributed by atoms with Gasteiger partial charge in [-0.3, -0.25) is 4.79 Å². The van der Waals surface area contributed by atoms with Crippen LogP contribution in [-0.2, 0) is 11.2 Å². The van der Waals surface area contributed by atoms with E-state index < -0.39 is 0 Å². The Bertz CT molecular complexity index is 448. The van der Waals surface area contributed by atoms with Gasteiger partial charge in [-0.15, -0.1) is 0 Å². The van der Waals surface area contributed by atoms with E-state index in [-0.39, 0.29) is 17.8 Å². The lowest BCUT2D eigenvalue weighted by Crippen LogP contribution is -2.48. The summed E-state index contributed by atoms with van der Waals surface area (Å²) in [4.78, 5) is 13.6. The van der Waals surface area contributed by atoms with Crippen molar-refractivity contribution in [2.75, 3.05) is 20.6 Å². The van der Waals surface area contributed by atoms with Crippen LogP contribution in [0.25, 0.3) is 0 Å². The summed E-state index contributed by atoms with van der Waals surface area (Å²) in [5, 5.41) is 3.25. The van der Waals surface area contributed by atoms with Crippen LogP contribution in [0.4, 0.5) is 4.39 Å². The molecule has 2 rings (SSSR count). The number of carbonyl (C=O) groups is 1. The van der Waals surface area contributed by atoms with Gasteiger partial charge >= 0.3 is 0 Å². The predicted molar refractivity (Wildman–Crippen MR) is 73.3 cm³/mol. The minimum absolute atomic E-state index is 0.109. The molecule has 3 nitrogen and oxygen atoms in total. The van der Waals surface area contributed by atoms with Gasteiger partial charge < -0.3 is 10.2 Å². The summed E-state index contributed by atoms with van der Waals surface area (Å²) >= 11 is 0. The molecule has 19 heavy (non-hydrogen) atoms. The zero-order valence-corrected chi connectivity index (χ0v) is 11.5. The standard InChI is InChI=1S/C15H21FN2O/c1-18(2)15(19)14-10-11(7-8-17-14)9-12-5-3-4-6-13(12)16/h3-6,11,14,17H,7-10H2,1-2H3. The van der Waals surface area contributed by atoms with Crippen LogP contribution >= 0.6 is 0 Å². The van der Waals surface area contributed by atoms with Crippen molar-refractivity contribution < 1.29 is 9.18 Å². The molecule has 0 saturated carbocycles. The molecule has 1 fully saturated rings. The molecule has 0 aliphatic carbocycles. The minimum atomic E-state index is -0.142. The highest BCUT2D eigenvalue weighted by Crippen LogP contribution is 2.23. The molecule has 1 aliphatic heterocycles. The number of nitrogens with zero attached hydrogens (tertiary/aromatic N) is 1. The van der Waals surface area contributed by atoms with Gasteiger partial charge in [-0.25, -0.2) is 4.39 Å². The summed E-state index contributed by atoms with van der Waals surface area (Å²) in [6.07, 6.45) is 2.49. The Labute approximate surface area is 113 Å². The molecule has 2 unspecified atom stereocenters. The average Bonchev–Trinajstić information content (AvgIpc) is 2.41. The zero-order chi connectivity index (χ0) is 13.8. The number of nitrogens with one attached hydrogen (secondary N) is 1. The van der Waals surface area contributed by atoms with Crippen LogP contribution < -0.4 is 5.32 Å². The van der Waals surface area contributed by atoms with Crippen LogP contribution in [0.3, 0.4) is 0 Å². The smallest absolute Gasteiger partial charge is 0.239 e. The molecule has 1 saturated heterocycles. The molecule has 104 valence electrons. The summed E-state index contributed by atoms with van der Waals surface area (Å²) in [6, 6.07) is 6.78. The SMILES string of the molecule is CN(C)C(=O)C1CC(Cc2ccccc2F)CCN1. The third-order valence-corrected chi connectivity index (χ3v) is 3.72. The molecule has 1 aromatic rings. The first-order valence-electron chi connectivity index (χ1n) is 6.76. The second-order valence-electron chi connectivity index (χ2n) is 5.43. The van der Waals surface area contributed by atoms with Gasteiger partial charge in [0.25, 0.3) is 0 Å². The molecule has 1 aliphatic rings. The van der Waals surface area contributed by atoms with Crippen molar-refractivity contribution in [2.24, 2.45) is 5.92 Å². The summed E-state index contributed by atoms with van der Waals surface area (Å²) in [7, 11) is 3.54. The van der Waals surface area contributed by atoms with E-state index in [0.717, 1.165) is 24.9 Å². The van der Waals surface area contributed by atoms with Crippen molar-refractivity contribution >= 4 is 5.91 Å². The predicted octanol–water partition coefficient (Wildman–Crippen LogP) is 1.82. The first-order chi connectivity index (χ1) is 9.08. The van der Waals surface area contributed by atoms with Crippen molar-refractivity contribution in [1.82, 2.24) is 10.2 Å². The topological polar surface area (TPSA) is 32.3 Å². The van der Waals surface area contributed by atoms with Gasteiger partial charge in [0.05, 0.1) is 6.04 Å². The molecule has 2 atom stereocenters. The van der Waals surface area contributed by atoms with Crippen molar-refractivity contribution in [2.45, 2.75) is 25.3 Å².